The summed E-state index contributed by atoms with van der Waals surface area (Å²) in [7, 11) is -0.795. The Morgan fingerprint density at radius 1 is 0.750 bits per heavy atom. The largest absolute Gasteiger partial charge is 0.513 e. The fourth-order valence-electron chi connectivity index (χ4n) is 3.36. The number of hydrogen-bond acceptors (Lipinski definition) is 5. The molecule has 0 bridgehead atoms. The van der Waals surface area contributed by atoms with Crippen LogP contribution in [0.2, 0.25) is 26.2 Å². The number of hydrogen-bond donors (Lipinski definition) is 0. The van der Waals surface area contributed by atoms with Crippen LogP contribution in [-0.2, 0) is 20.9 Å². The van der Waals surface area contributed by atoms with E-state index in [2.05, 4.69) is 43.1 Å². The first kappa shape index (κ1) is 22.2. The van der Waals surface area contributed by atoms with E-state index in [4.69, 9.17) is 13.6 Å². The molecule has 2 rings (SSSR count). The maximum Gasteiger partial charge on any atom is 0.513 e. The van der Waals surface area contributed by atoms with Crippen molar-refractivity contribution in [2.24, 2.45) is 0 Å². The molecule has 0 spiro atoms. The minimum Gasteiger partial charge on any atom is -0.497 e. The summed E-state index contributed by atoms with van der Waals surface area (Å²) < 4.78 is 21.5. The van der Waals surface area contributed by atoms with Crippen molar-refractivity contribution >= 4 is 22.8 Å². The van der Waals surface area contributed by atoms with Crippen molar-refractivity contribution in [2.75, 3.05) is 14.2 Å². The first-order valence-electron chi connectivity index (χ1n) is 9.30. The Hall–Kier alpha value is -2.10. The van der Waals surface area contributed by atoms with Crippen LogP contribution in [0.1, 0.15) is 11.1 Å². The second-order valence-electron chi connectivity index (χ2n) is 8.02. The number of ether oxygens (including phenoxy) is 3. The summed E-state index contributed by atoms with van der Waals surface area (Å²) in [6.45, 7) is 9.07. The Morgan fingerprint density at radius 2 is 1.18 bits per heavy atom. The van der Waals surface area contributed by atoms with Gasteiger partial charge < -0.3 is 18.3 Å². The van der Waals surface area contributed by atoms with Gasteiger partial charge >= 0.3 is 6.16 Å². The highest BCUT2D eigenvalue weighted by molar-refractivity contribution is 6.84. The van der Waals surface area contributed by atoms with Crippen LogP contribution in [0.3, 0.4) is 0 Å². The normalized spacial score (nSPS) is 11.8. The second-order valence-corrected chi connectivity index (χ2v) is 16.6. The molecule has 152 valence electrons. The van der Waals surface area contributed by atoms with Gasteiger partial charge in [-0.15, -0.1) is 0 Å². The van der Waals surface area contributed by atoms with Crippen LogP contribution in [0.4, 0.5) is 4.79 Å². The van der Waals surface area contributed by atoms with Gasteiger partial charge in [-0.2, -0.15) is 0 Å². The van der Waals surface area contributed by atoms with Gasteiger partial charge in [-0.1, -0.05) is 24.3 Å². The highest BCUT2D eigenvalue weighted by Crippen LogP contribution is 2.24. The lowest BCUT2D eigenvalue weighted by atomic mass is 10.2. The SMILES string of the molecule is COC(=O)Oc1ccc(C[Si](C)(C)O[Si](C)(C)Cc2ccc(OC)cc2)cc1. The first-order chi connectivity index (χ1) is 13.1. The van der Waals surface area contributed by atoms with Crippen molar-refractivity contribution in [3.63, 3.8) is 0 Å². The van der Waals surface area contributed by atoms with E-state index in [0.29, 0.717) is 5.75 Å². The maximum absolute atomic E-state index is 11.2. The Morgan fingerprint density at radius 3 is 1.57 bits per heavy atom. The van der Waals surface area contributed by atoms with Gasteiger partial charge in [0.05, 0.1) is 14.2 Å². The third-order valence-electron chi connectivity index (χ3n) is 4.26. The number of carbonyl (C=O) groups is 1. The van der Waals surface area contributed by atoms with Crippen molar-refractivity contribution in [3.05, 3.63) is 59.7 Å². The van der Waals surface area contributed by atoms with Crippen LogP contribution in [0.15, 0.2) is 48.5 Å². The molecule has 28 heavy (non-hydrogen) atoms. The summed E-state index contributed by atoms with van der Waals surface area (Å²) >= 11 is 0. The zero-order chi connectivity index (χ0) is 20.8. The fourth-order valence-corrected chi connectivity index (χ4v) is 12.4. The molecular weight excluding hydrogens is 388 g/mol. The Labute approximate surface area is 169 Å². The average Bonchev–Trinajstić information content (AvgIpc) is 2.62. The summed E-state index contributed by atoms with van der Waals surface area (Å²) in [5, 5.41) is 0. The predicted octanol–water partition coefficient (Wildman–Crippen LogP) is 5.13. The summed E-state index contributed by atoms with van der Waals surface area (Å²) in [6.07, 6.45) is -0.711. The lowest BCUT2D eigenvalue weighted by molar-refractivity contribution is 0.121. The molecule has 0 fully saturated rings. The van der Waals surface area contributed by atoms with Crippen molar-refractivity contribution in [1.29, 1.82) is 0 Å². The smallest absolute Gasteiger partial charge is 0.497 e. The quantitative estimate of drug-likeness (QED) is 0.338. The Bertz CT molecular complexity index is 770. The molecule has 7 heteroatoms. The summed E-state index contributed by atoms with van der Waals surface area (Å²) in [4.78, 5) is 11.2. The van der Waals surface area contributed by atoms with Crippen LogP contribution < -0.4 is 9.47 Å². The summed E-state index contributed by atoms with van der Waals surface area (Å²) in [5.41, 5.74) is 2.47. The lowest BCUT2D eigenvalue weighted by Crippen LogP contribution is -2.47. The van der Waals surface area contributed by atoms with Gasteiger partial charge in [-0.25, -0.2) is 4.79 Å². The monoisotopic (exact) mass is 418 g/mol. The third-order valence-corrected chi connectivity index (χ3v) is 11.2. The number of benzene rings is 2. The summed E-state index contributed by atoms with van der Waals surface area (Å²) in [6, 6.07) is 17.7. The molecule has 0 amide bonds. The zero-order valence-electron chi connectivity index (χ0n) is 17.6. The number of methoxy groups -OCH3 is 2. The van der Waals surface area contributed by atoms with E-state index in [1.165, 1.54) is 18.2 Å². The highest BCUT2D eigenvalue weighted by atomic mass is 28.4. The standard InChI is InChI=1S/C21H30O5Si2/c1-23-19-11-7-17(8-12-19)15-27(3,4)26-28(5,6)16-18-9-13-20(14-10-18)25-21(22)24-2/h7-14H,15-16H2,1-6H3. The molecule has 2 aromatic carbocycles. The number of carbonyl (C=O) groups excluding carboxylic acids is 1. The lowest BCUT2D eigenvalue weighted by Gasteiger charge is -2.34. The van der Waals surface area contributed by atoms with Crippen LogP contribution >= 0.6 is 0 Å². The third kappa shape index (κ3) is 7.14. The van der Waals surface area contributed by atoms with Gasteiger partial charge in [-0.3, -0.25) is 0 Å². The topological polar surface area (TPSA) is 54.0 Å². The second kappa shape index (κ2) is 9.40. The molecule has 0 aliphatic carbocycles. The molecule has 0 saturated carbocycles. The van der Waals surface area contributed by atoms with Crippen LogP contribution in [0.25, 0.3) is 0 Å². The predicted molar refractivity (Wildman–Crippen MR) is 116 cm³/mol. The summed E-state index contributed by atoms with van der Waals surface area (Å²) in [5.74, 6) is 1.35. The van der Waals surface area contributed by atoms with Crippen LogP contribution in [0, 0.1) is 0 Å². The molecule has 0 saturated heterocycles. The van der Waals surface area contributed by atoms with Crippen LogP contribution in [0.5, 0.6) is 11.5 Å². The van der Waals surface area contributed by atoms with Gasteiger partial charge in [0.2, 0.25) is 0 Å². The Balaban J connectivity index is 1.97. The van der Waals surface area contributed by atoms with E-state index in [1.54, 1.807) is 19.2 Å². The average molecular weight is 419 g/mol. The molecule has 0 unspecified atom stereocenters. The first-order valence-corrected chi connectivity index (χ1v) is 15.5. The Kier molecular flexibility index (Phi) is 7.45. The fraction of sp³-hybridized carbons (Fsp3) is 0.381. The van der Waals surface area contributed by atoms with Crippen LogP contribution in [-0.4, -0.2) is 37.0 Å². The number of rotatable bonds is 8. The molecular formula is C21H30O5Si2. The molecule has 0 aliphatic rings. The van der Waals surface area contributed by atoms with Gasteiger partial charge in [0.15, 0.2) is 16.6 Å². The van der Waals surface area contributed by atoms with E-state index in [1.807, 2.05) is 24.3 Å². The van der Waals surface area contributed by atoms with Gasteiger partial charge in [0, 0.05) is 0 Å². The molecule has 5 nitrogen and oxygen atoms in total. The van der Waals surface area contributed by atoms with Gasteiger partial charge in [0.25, 0.3) is 0 Å². The van der Waals surface area contributed by atoms with Crippen molar-refractivity contribution < 1.29 is 23.1 Å². The maximum atomic E-state index is 11.2. The molecule has 0 atom stereocenters. The van der Waals surface area contributed by atoms with Crippen molar-refractivity contribution in [3.8, 4) is 11.5 Å². The molecule has 0 N–H and O–H groups in total. The molecule has 0 aromatic heterocycles. The molecule has 0 radical (unpaired) electrons. The van der Waals surface area contributed by atoms with Crippen molar-refractivity contribution in [2.45, 2.75) is 38.3 Å². The minimum absolute atomic E-state index is 0.477. The molecule has 2 aromatic rings. The molecule has 0 heterocycles. The van der Waals surface area contributed by atoms with E-state index >= 15 is 0 Å². The van der Waals surface area contributed by atoms with Gasteiger partial charge in [-0.05, 0) is 73.7 Å². The van der Waals surface area contributed by atoms with E-state index in [9.17, 15) is 4.79 Å². The van der Waals surface area contributed by atoms with Gasteiger partial charge in [0.1, 0.15) is 11.5 Å². The minimum atomic E-state index is -1.90. The van der Waals surface area contributed by atoms with E-state index < -0.39 is 22.8 Å². The van der Waals surface area contributed by atoms with Crippen molar-refractivity contribution in [1.82, 2.24) is 0 Å². The van der Waals surface area contributed by atoms with E-state index in [0.717, 1.165) is 17.8 Å². The van der Waals surface area contributed by atoms with E-state index in [-0.39, 0.29) is 0 Å². The zero-order valence-corrected chi connectivity index (χ0v) is 19.6. The molecule has 0 aliphatic heterocycles. The highest BCUT2D eigenvalue weighted by Gasteiger charge is 2.33.